The molecule has 0 amide bonds. The lowest BCUT2D eigenvalue weighted by Gasteiger charge is -2.18. The quantitative estimate of drug-likeness (QED) is 0.808. The molecule has 0 heterocycles. The molecule has 2 aromatic carbocycles. The number of aryl methyl sites for hydroxylation is 1. The molecule has 2 aromatic rings. The van der Waals surface area contributed by atoms with Crippen LogP contribution in [0.4, 0.5) is 4.39 Å². The van der Waals surface area contributed by atoms with Gasteiger partial charge in [-0.2, -0.15) is 0 Å². The van der Waals surface area contributed by atoms with Crippen molar-refractivity contribution in [3.63, 3.8) is 0 Å². The van der Waals surface area contributed by atoms with Gasteiger partial charge in [0.25, 0.3) is 0 Å². The summed E-state index contributed by atoms with van der Waals surface area (Å²) in [6, 6.07) is 10.9. The highest BCUT2D eigenvalue weighted by Crippen LogP contribution is 2.26. The summed E-state index contributed by atoms with van der Waals surface area (Å²) in [5.74, 6) is -0.221. The summed E-state index contributed by atoms with van der Waals surface area (Å²) < 4.78 is 14.9. The fourth-order valence-electron chi connectivity index (χ4n) is 2.13. The van der Waals surface area contributed by atoms with Crippen LogP contribution in [0.1, 0.15) is 22.7 Å². The first kappa shape index (κ1) is 15.5. The first-order valence-electron chi connectivity index (χ1n) is 6.38. The Bertz CT molecular complexity index is 615. The van der Waals surface area contributed by atoms with E-state index in [1.54, 1.807) is 12.1 Å². The molecule has 2 rings (SSSR count). The molecule has 1 atom stereocenters. The maximum Gasteiger partial charge on any atom is 0.126 e. The van der Waals surface area contributed by atoms with E-state index < -0.39 is 0 Å². The Hall–Kier alpha value is -0.900. The van der Waals surface area contributed by atoms with E-state index >= 15 is 0 Å². The van der Waals surface area contributed by atoms with E-state index in [9.17, 15) is 4.39 Å². The lowest BCUT2D eigenvalue weighted by atomic mass is 9.98. The van der Waals surface area contributed by atoms with Gasteiger partial charge in [0.05, 0.1) is 0 Å². The number of halogens is 3. The summed E-state index contributed by atoms with van der Waals surface area (Å²) in [5, 5.41) is 3.79. The molecule has 4 heteroatoms. The number of benzene rings is 2. The van der Waals surface area contributed by atoms with Gasteiger partial charge in [0.15, 0.2) is 0 Å². The largest absolute Gasteiger partial charge is 0.313 e. The van der Waals surface area contributed by atoms with Crippen LogP contribution in [0.5, 0.6) is 0 Å². The van der Waals surface area contributed by atoms with Crippen LogP contribution in [-0.4, -0.2) is 7.05 Å². The van der Waals surface area contributed by atoms with E-state index in [1.165, 1.54) is 11.6 Å². The van der Waals surface area contributed by atoms with E-state index in [0.29, 0.717) is 17.0 Å². The second kappa shape index (κ2) is 6.70. The number of hydrogen-bond donors (Lipinski definition) is 1. The Kier molecular flexibility index (Phi) is 5.19. The Morgan fingerprint density at radius 2 is 2.00 bits per heavy atom. The van der Waals surface area contributed by atoms with Crippen LogP contribution in [0.15, 0.2) is 40.9 Å². The summed E-state index contributed by atoms with van der Waals surface area (Å²) in [5.41, 5.74) is 2.91. The van der Waals surface area contributed by atoms with Gasteiger partial charge in [0.2, 0.25) is 0 Å². The maximum atomic E-state index is 13.8. The molecular formula is C16H16BrClFN. The Morgan fingerprint density at radius 3 is 2.65 bits per heavy atom. The highest BCUT2D eigenvalue weighted by Gasteiger charge is 2.14. The third-order valence-electron chi connectivity index (χ3n) is 3.38. The van der Waals surface area contributed by atoms with Crippen LogP contribution in [0.3, 0.4) is 0 Å². The average Bonchev–Trinajstić information content (AvgIpc) is 2.43. The number of hydrogen-bond acceptors (Lipinski definition) is 1. The van der Waals surface area contributed by atoms with Gasteiger partial charge in [0.1, 0.15) is 5.82 Å². The Balaban J connectivity index is 2.28. The van der Waals surface area contributed by atoms with Crippen molar-refractivity contribution >= 4 is 27.5 Å². The van der Waals surface area contributed by atoms with E-state index in [0.717, 1.165) is 10.0 Å². The number of nitrogens with one attached hydrogen (secondary N) is 1. The average molecular weight is 357 g/mol. The van der Waals surface area contributed by atoms with Crippen molar-refractivity contribution in [3.05, 3.63) is 68.4 Å². The molecule has 1 N–H and O–H groups in total. The molecule has 0 bridgehead atoms. The van der Waals surface area contributed by atoms with E-state index in [2.05, 4.69) is 39.4 Å². The zero-order chi connectivity index (χ0) is 14.7. The predicted molar refractivity (Wildman–Crippen MR) is 85.8 cm³/mol. The highest BCUT2D eigenvalue weighted by molar-refractivity contribution is 9.10. The fourth-order valence-corrected chi connectivity index (χ4v) is 2.72. The van der Waals surface area contributed by atoms with Crippen LogP contribution in [0.25, 0.3) is 0 Å². The molecule has 0 fully saturated rings. The van der Waals surface area contributed by atoms with Crippen LogP contribution >= 0.6 is 27.5 Å². The summed E-state index contributed by atoms with van der Waals surface area (Å²) in [6.45, 7) is 2.04. The molecule has 106 valence electrons. The topological polar surface area (TPSA) is 12.0 Å². The van der Waals surface area contributed by atoms with Gasteiger partial charge in [-0.05, 0) is 61.3 Å². The van der Waals surface area contributed by atoms with E-state index in [1.807, 2.05) is 14.0 Å². The lowest BCUT2D eigenvalue weighted by Crippen LogP contribution is -2.19. The van der Waals surface area contributed by atoms with Crippen molar-refractivity contribution in [2.24, 2.45) is 0 Å². The molecule has 0 aliphatic rings. The summed E-state index contributed by atoms with van der Waals surface area (Å²) in [7, 11) is 1.88. The van der Waals surface area contributed by atoms with Gasteiger partial charge in [-0.15, -0.1) is 0 Å². The second-order valence-electron chi connectivity index (χ2n) is 4.79. The summed E-state index contributed by atoms with van der Waals surface area (Å²) in [4.78, 5) is 0. The molecule has 0 saturated carbocycles. The van der Waals surface area contributed by atoms with E-state index in [-0.39, 0.29) is 11.9 Å². The SMILES string of the molecule is CNC(Cc1cc(Cl)ccc1F)c1ccc(C)c(Br)c1. The van der Waals surface area contributed by atoms with Gasteiger partial charge in [0, 0.05) is 15.5 Å². The molecule has 1 unspecified atom stereocenters. The van der Waals surface area contributed by atoms with Crippen molar-refractivity contribution in [2.75, 3.05) is 7.05 Å². The zero-order valence-electron chi connectivity index (χ0n) is 11.4. The zero-order valence-corrected chi connectivity index (χ0v) is 13.7. The molecule has 0 aromatic heterocycles. The third-order valence-corrected chi connectivity index (χ3v) is 4.47. The number of likely N-dealkylation sites (N-methyl/N-ethyl adjacent to an activating group) is 1. The minimum absolute atomic E-state index is 0.0415. The van der Waals surface area contributed by atoms with Gasteiger partial charge in [-0.3, -0.25) is 0 Å². The van der Waals surface area contributed by atoms with Crippen LogP contribution in [0, 0.1) is 12.7 Å². The van der Waals surface area contributed by atoms with Crippen molar-refractivity contribution in [2.45, 2.75) is 19.4 Å². The molecule has 1 nitrogen and oxygen atoms in total. The minimum Gasteiger partial charge on any atom is -0.313 e. The van der Waals surface area contributed by atoms with Crippen LogP contribution in [-0.2, 0) is 6.42 Å². The maximum absolute atomic E-state index is 13.8. The van der Waals surface area contributed by atoms with Crippen molar-refractivity contribution in [1.29, 1.82) is 0 Å². The second-order valence-corrected chi connectivity index (χ2v) is 6.08. The lowest BCUT2D eigenvalue weighted by molar-refractivity contribution is 0.554. The molecule has 20 heavy (non-hydrogen) atoms. The fraction of sp³-hybridized carbons (Fsp3) is 0.250. The summed E-state index contributed by atoms with van der Waals surface area (Å²) in [6.07, 6.45) is 0.554. The molecule has 0 radical (unpaired) electrons. The standard InChI is InChI=1S/C16H16BrClFN/c1-10-3-4-11(8-14(10)17)16(20-2)9-12-7-13(18)5-6-15(12)19/h3-8,16,20H,9H2,1-2H3. The molecule has 0 spiro atoms. The van der Waals surface area contributed by atoms with Crippen LogP contribution in [0.2, 0.25) is 5.02 Å². The molecule has 0 aliphatic heterocycles. The third kappa shape index (κ3) is 3.60. The normalized spacial score (nSPS) is 12.4. The molecular weight excluding hydrogens is 341 g/mol. The highest BCUT2D eigenvalue weighted by atomic mass is 79.9. The molecule has 0 saturated heterocycles. The number of rotatable bonds is 4. The summed E-state index contributed by atoms with van der Waals surface area (Å²) >= 11 is 9.47. The van der Waals surface area contributed by atoms with Crippen molar-refractivity contribution in [1.82, 2.24) is 5.32 Å². The van der Waals surface area contributed by atoms with Gasteiger partial charge >= 0.3 is 0 Å². The first-order valence-corrected chi connectivity index (χ1v) is 7.55. The van der Waals surface area contributed by atoms with Crippen molar-refractivity contribution < 1.29 is 4.39 Å². The molecule has 0 aliphatic carbocycles. The van der Waals surface area contributed by atoms with Gasteiger partial charge in [-0.1, -0.05) is 39.7 Å². The Labute approximate surface area is 132 Å². The van der Waals surface area contributed by atoms with Crippen LogP contribution < -0.4 is 5.32 Å². The predicted octanol–water partition coefficient (Wildman–Crippen LogP) is 5.05. The Morgan fingerprint density at radius 1 is 1.25 bits per heavy atom. The smallest absolute Gasteiger partial charge is 0.126 e. The minimum atomic E-state index is -0.221. The van der Waals surface area contributed by atoms with E-state index in [4.69, 9.17) is 11.6 Å². The van der Waals surface area contributed by atoms with Gasteiger partial charge < -0.3 is 5.32 Å². The monoisotopic (exact) mass is 355 g/mol. The van der Waals surface area contributed by atoms with Crippen molar-refractivity contribution in [3.8, 4) is 0 Å². The first-order chi connectivity index (χ1) is 9.51. The van der Waals surface area contributed by atoms with Gasteiger partial charge in [-0.25, -0.2) is 4.39 Å².